The number of aryl methyl sites for hydroxylation is 3. The maximum atomic E-state index is 5.11. The molecule has 0 bridgehead atoms. The minimum absolute atomic E-state index is 0.291. The zero-order valence-corrected chi connectivity index (χ0v) is 15.8. The van der Waals surface area contributed by atoms with Crippen molar-refractivity contribution >= 4 is 5.96 Å². The van der Waals surface area contributed by atoms with Crippen molar-refractivity contribution in [1.29, 1.82) is 0 Å². The Labute approximate surface area is 153 Å². The van der Waals surface area contributed by atoms with Gasteiger partial charge in [-0.1, -0.05) is 0 Å². The number of aliphatic imine (C=N–C) groups is 1. The number of aromatic nitrogens is 5. The fourth-order valence-electron chi connectivity index (χ4n) is 3.09. The summed E-state index contributed by atoms with van der Waals surface area (Å²) in [5.41, 5.74) is 1.19. The Bertz CT molecular complexity index is 735. The second kappa shape index (κ2) is 8.79. The summed E-state index contributed by atoms with van der Waals surface area (Å²) in [6.07, 6.45) is 6.85. The summed E-state index contributed by atoms with van der Waals surface area (Å²) in [6.45, 7) is 5.04. The molecule has 1 aliphatic heterocycles. The van der Waals surface area contributed by atoms with Crippen LogP contribution in [-0.4, -0.2) is 57.2 Å². The molecule has 0 aromatic carbocycles. The van der Waals surface area contributed by atoms with Gasteiger partial charge in [-0.05, 0) is 25.3 Å². The Morgan fingerprint density at radius 2 is 2.35 bits per heavy atom. The second-order valence-electron chi connectivity index (χ2n) is 6.57. The molecule has 2 aromatic heterocycles. The lowest BCUT2D eigenvalue weighted by molar-refractivity contribution is 0.177. The number of nitrogens with one attached hydrogen (secondary N) is 2. The number of ether oxygens (including phenoxy) is 1. The van der Waals surface area contributed by atoms with Crippen molar-refractivity contribution in [2.45, 2.75) is 51.9 Å². The molecule has 3 rings (SSSR count). The van der Waals surface area contributed by atoms with Gasteiger partial charge >= 0.3 is 0 Å². The van der Waals surface area contributed by atoms with Gasteiger partial charge in [-0.15, -0.1) is 0 Å². The summed E-state index contributed by atoms with van der Waals surface area (Å²) in [7, 11) is 3.46. The molecule has 3 heterocycles. The van der Waals surface area contributed by atoms with Crippen molar-refractivity contribution in [1.82, 2.24) is 35.2 Å². The smallest absolute Gasteiger partial charge is 0.191 e. The van der Waals surface area contributed by atoms with Crippen molar-refractivity contribution in [3.05, 3.63) is 29.6 Å². The third kappa shape index (κ3) is 4.81. The molecule has 142 valence electrons. The van der Waals surface area contributed by atoms with E-state index in [0.29, 0.717) is 12.6 Å². The number of methoxy groups -OCH3 is 1. The SMILES string of the molecule is CN=C(NCCCn1cc(C)cn1)NC1CCc2nc(COC)nn2C1. The number of hydrogen-bond acceptors (Lipinski definition) is 5. The zero-order valence-electron chi connectivity index (χ0n) is 15.8. The molecule has 0 aliphatic carbocycles. The first-order chi connectivity index (χ1) is 12.7. The number of rotatable bonds is 7. The first-order valence-corrected chi connectivity index (χ1v) is 9.05. The quantitative estimate of drug-likeness (QED) is 0.424. The van der Waals surface area contributed by atoms with Gasteiger partial charge in [0.05, 0.1) is 12.7 Å². The summed E-state index contributed by atoms with van der Waals surface area (Å²) >= 11 is 0. The summed E-state index contributed by atoms with van der Waals surface area (Å²) < 4.78 is 9.06. The van der Waals surface area contributed by atoms with Crippen molar-refractivity contribution in [2.24, 2.45) is 4.99 Å². The Kier molecular flexibility index (Phi) is 6.21. The van der Waals surface area contributed by atoms with Crippen LogP contribution in [0.4, 0.5) is 0 Å². The van der Waals surface area contributed by atoms with Gasteiger partial charge in [-0.2, -0.15) is 10.2 Å². The maximum absolute atomic E-state index is 5.11. The van der Waals surface area contributed by atoms with Crippen LogP contribution in [0.2, 0.25) is 0 Å². The van der Waals surface area contributed by atoms with E-state index in [2.05, 4.69) is 43.9 Å². The Balaban J connectivity index is 1.43. The van der Waals surface area contributed by atoms with E-state index in [1.165, 1.54) is 5.56 Å². The molecule has 1 aliphatic rings. The third-order valence-corrected chi connectivity index (χ3v) is 4.36. The van der Waals surface area contributed by atoms with Crippen LogP contribution < -0.4 is 10.6 Å². The van der Waals surface area contributed by atoms with Crippen LogP contribution in [0.25, 0.3) is 0 Å². The van der Waals surface area contributed by atoms with Crippen molar-refractivity contribution in [3.63, 3.8) is 0 Å². The van der Waals surface area contributed by atoms with Crippen LogP contribution in [0.5, 0.6) is 0 Å². The maximum Gasteiger partial charge on any atom is 0.191 e. The summed E-state index contributed by atoms with van der Waals surface area (Å²) in [5.74, 6) is 2.61. The minimum Gasteiger partial charge on any atom is -0.377 e. The van der Waals surface area contributed by atoms with E-state index in [1.54, 1.807) is 14.2 Å². The van der Waals surface area contributed by atoms with E-state index < -0.39 is 0 Å². The van der Waals surface area contributed by atoms with Crippen LogP contribution in [0.1, 0.15) is 30.1 Å². The minimum atomic E-state index is 0.291. The van der Waals surface area contributed by atoms with Gasteiger partial charge in [0.15, 0.2) is 11.8 Å². The normalized spacial score (nSPS) is 17.2. The van der Waals surface area contributed by atoms with Crippen molar-refractivity contribution < 1.29 is 4.74 Å². The molecule has 0 saturated carbocycles. The van der Waals surface area contributed by atoms with Gasteiger partial charge < -0.3 is 15.4 Å². The largest absolute Gasteiger partial charge is 0.377 e. The molecule has 1 atom stereocenters. The van der Waals surface area contributed by atoms with Crippen LogP contribution in [0.15, 0.2) is 17.4 Å². The number of nitrogens with zero attached hydrogens (tertiary/aromatic N) is 6. The number of fused-ring (bicyclic) bond motifs is 1. The van der Waals surface area contributed by atoms with Gasteiger partial charge in [0.2, 0.25) is 0 Å². The highest BCUT2D eigenvalue weighted by atomic mass is 16.5. The highest BCUT2D eigenvalue weighted by molar-refractivity contribution is 5.79. The standard InChI is InChI=1S/C17H28N8O/c1-13-9-20-24(10-13)8-4-7-19-17(18-2)21-14-5-6-16-22-15(12-26-3)23-25(16)11-14/h9-10,14H,4-8,11-12H2,1-3H3,(H2,18,19,21). The molecule has 0 saturated heterocycles. The molecular weight excluding hydrogens is 332 g/mol. The summed E-state index contributed by atoms with van der Waals surface area (Å²) in [4.78, 5) is 8.84. The van der Waals surface area contributed by atoms with E-state index in [0.717, 1.165) is 56.5 Å². The highest BCUT2D eigenvalue weighted by Gasteiger charge is 2.22. The monoisotopic (exact) mass is 360 g/mol. The van der Waals surface area contributed by atoms with E-state index in [4.69, 9.17) is 4.74 Å². The predicted molar refractivity (Wildman–Crippen MR) is 98.9 cm³/mol. The number of guanidine groups is 1. The fraction of sp³-hybridized carbons (Fsp3) is 0.647. The van der Waals surface area contributed by atoms with Gasteiger partial charge in [0.1, 0.15) is 12.4 Å². The first-order valence-electron chi connectivity index (χ1n) is 9.05. The topological polar surface area (TPSA) is 94.2 Å². The van der Waals surface area contributed by atoms with Crippen LogP contribution >= 0.6 is 0 Å². The first kappa shape index (κ1) is 18.4. The predicted octanol–water partition coefficient (Wildman–Crippen LogP) is 0.500. The van der Waals surface area contributed by atoms with E-state index >= 15 is 0 Å². The zero-order chi connectivity index (χ0) is 18.4. The fourth-order valence-corrected chi connectivity index (χ4v) is 3.09. The molecule has 2 N–H and O–H groups in total. The molecule has 0 fully saturated rings. The summed E-state index contributed by atoms with van der Waals surface area (Å²) in [6, 6.07) is 0.291. The van der Waals surface area contributed by atoms with E-state index in [9.17, 15) is 0 Å². The summed E-state index contributed by atoms with van der Waals surface area (Å²) in [5, 5.41) is 15.7. The van der Waals surface area contributed by atoms with Gasteiger partial charge in [-0.3, -0.25) is 9.67 Å². The molecule has 9 heteroatoms. The van der Waals surface area contributed by atoms with Gasteiger partial charge in [-0.25, -0.2) is 9.67 Å². The molecule has 0 amide bonds. The van der Waals surface area contributed by atoms with Crippen LogP contribution in [0.3, 0.4) is 0 Å². The van der Waals surface area contributed by atoms with E-state index in [-0.39, 0.29) is 0 Å². The van der Waals surface area contributed by atoms with Gasteiger partial charge in [0, 0.05) is 45.9 Å². The molecule has 9 nitrogen and oxygen atoms in total. The molecular formula is C17H28N8O. The van der Waals surface area contributed by atoms with Gasteiger partial charge in [0.25, 0.3) is 0 Å². The average Bonchev–Trinajstić information content (AvgIpc) is 3.23. The second-order valence-corrected chi connectivity index (χ2v) is 6.57. The van der Waals surface area contributed by atoms with Crippen LogP contribution in [0, 0.1) is 6.92 Å². The Morgan fingerprint density at radius 3 is 3.08 bits per heavy atom. The lowest BCUT2D eigenvalue weighted by Crippen LogP contribution is -2.47. The third-order valence-electron chi connectivity index (χ3n) is 4.36. The Morgan fingerprint density at radius 1 is 1.46 bits per heavy atom. The Hall–Kier alpha value is -2.42. The average molecular weight is 360 g/mol. The highest BCUT2D eigenvalue weighted by Crippen LogP contribution is 2.13. The molecule has 0 spiro atoms. The van der Waals surface area contributed by atoms with Crippen molar-refractivity contribution in [3.8, 4) is 0 Å². The molecule has 0 radical (unpaired) electrons. The molecule has 1 unspecified atom stereocenters. The van der Waals surface area contributed by atoms with E-state index in [1.807, 2.05) is 15.6 Å². The number of hydrogen-bond donors (Lipinski definition) is 2. The van der Waals surface area contributed by atoms with Crippen LogP contribution in [-0.2, 0) is 30.9 Å². The lowest BCUT2D eigenvalue weighted by Gasteiger charge is -2.25. The lowest BCUT2D eigenvalue weighted by atomic mass is 10.1. The molecule has 2 aromatic rings. The molecule has 26 heavy (non-hydrogen) atoms. The van der Waals surface area contributed by atoms with Crippen molar-refractivity contribution in [2.75, 3.05) is 20.7 Å².